The van der Waals surface area contributed by atoms with Crippen LogP contribution in [0.4, 0.5) is 0 Å². The third-order valence-corrected chi connectivity index (χ3v) is 5.22. The normalized spacial score (nSPS) is 27.0. The summed E-state index contributed by atoms with van der Waals surface area (Å²) in [5, 5.41) is 3.57. The smallest absolute Gasteiger partial charge is 0.231 e. The van der Waals surface area contributed by atoms with Crippen LogP contribution in [0.1, 0.15) is 27.7 Å². The largest absolute Gasteiger partial charge is 0.496 e. The molecular formula is C18H29ClN4O2. The van der Waals surface area contributed by atoms with Crippen LogP contribution < -0.4 is 15.8 Å². The van der Waals surface area contributed by atoms with E-state index in [-0.39, 0.29) is 24.4 Å². The lowest BCUT2D eigenvalue weighted by atomic mass is 9.94. The first-order chi connectivity index (χ1) is 12.7. The molecule has 140 valence electrons. The molecule has 0 aliphatic carbocycles. The summed E-state index contributed by atoms with van der Waals surface area (Å²) in [5.41, 5.74) is 7.24. The number of halogens is 1. The van der Waals surface area contributed by atoms with Crippen LogP contribution in [0.15, 0.2) is 18.2 Å². The number of carbonyl (C=O) groups excluding carboxylic acids is 1. The maximum Gasteiger partial charge on any atom is 0.231 e. The van der Waals surface area contributed by atoms with Gasteiger partial charge in [0.25, 0.3) is 0 Å². The van der Waals surface area contributed by atoms with Crippen LogP contribution in [0.2, 0.25) is 0 Å². The van der Waals surface area contributed by atoms with E-state index >= 15 is 0 Å². The Morgan fingerprint density at radius 2 is 2.16 bits per heavy atom. The highest BCUT2D eigenvalue weighted by atomic mass is 35.5. The number of ether oxygens (including phenoxy) is 1. The molecule has 0 aromatic heterocycles. The molecule has 1 aromatic rings. The second-order valence-corrected chi connectivity index (χ2v) is 6.64. The number of nitrogens with one attached hydrogen (secondary N) is 1. The van der Waals surface area contributed by atoms with Crippen LogP contribution in [0, 0.1) is 6.92 Å². The van der Waals surface area contributed by atoms with Gasteiger partial charge in [-0.1, -0.05) is 12.1 Å². The first-order valence-corrected chi connectivity index (χ1v) is 8.51. The molecule has 6 nitrogen and oxygen atoms in total. The number of piperazine rings is 1. The molecule has 2 atom stereocenters. The summed E-state index contributed by atoms with van der Waals surface area (Å²) in [5.74, 6) is 0.122. The summed E-state index contributed by atoms with van der Waals surface area (Å²) >= 11 is 0. The molecule has 25 heavy (non-hydrogen) atoms. The molecule has 0 unspecified atom stereocenters. The monoisotopic (exact) mass is 371 g/mol. The third-order valence-electron chi connectivity index (χ3n) is 5.22. The fourth-order valence-corrected chi connectivity index (χ4v) is 3.95. The van der Waals surface area contributed by atoms with Gasteiger partial charge in [0.2, 0.25) is 5.91 Å². The SMILES string of the molecule is Cl.[2H]C([2H])([2H])Oc1cccc([C@H]2NCC[C@H]2N2CCN(CC(N)=O)CC2)c1C. The number of primary amides is 1. The lowest BCUT2D eigenvalue weighted by molar-refractivity contribution is -0.119. The highest BCUT2D eigenvalue weighted by Gasteiger charge is 2.35. The zero-order chi connectivity index (χ0) is 19.6. The Balaban J connectivity index is 0.00000280. The summed E-state index contributed by atoms with van der Waals surface area (Å²) in [6.07, 6.45) is 1.03. The maximum absolute atomic E-state index is 11.1. The second-order valence-electron chi connectivity index (χ2n) is 6.64. The Kier molecular flexibility index (Phi) is 5.62. The predicted molar refractivity (Wildman–Crippen MR) is 101 cm³/mol. The predicted octanol–water partition coefficient (Wildman–Crippen LogP) is 0.931. The van der Waals surface area contributed by atoms with E-state index in [1.807, 2.05) is 19.1 Å². The fraction of sp³-hybridized carbons (Fsp3) is 0.611. The Morgan fingerprint density at radius 3 is 2.84 bits per heavy atom. The van der Waals surface area contributed by atoms with Crippen molar-refractivity contribution in [2.75, 3.05) is 46.3 Å². The number of nitrogens with zero attached hydrogens (tertiary/aromatic N) is 2. The van der Waals surface area contributed by atoms with Crippen molar-refractivity contribution in [1.29, 1.82) is 0 Å². The van der Waals surface area contributed by atoms with Gasteiger partial charge in [-0.3, -0.25) is 14.6 Å². The Bertz CT molecular complexity index is 681. The molecular weight excluding hydrogens is 340 g/mol. The van der Waals surface area contributed by atoms with Gasteiger partial charge in [-0.25, -0.2) is 0 Å². The Hall–Kier alpha value is -1.34. The fourth-order valence-electron chi connectivity index (χ4n) is 3.95. The van der Waals surface area contributed by atoms with E-state index in [9.17, 15) is 4.79 Å². The van der Waals surface area contributed by atoms with Gasteiger partial charge in [0.05, 0.1) is 17.7 Å². The van der Waals surface area contributed by atoms with Crippen molar-refractivity contribution < 1.29 is 13.6 Å². The summed E-state index contributed by atoms with van der Waals surface area (Å²) in [6.45, 7) is 6.58. The van der Waals surface area contributed by atoms with E-state index in [1.165, 1.54) is 0 Å². The van der Waals surface area contributed by atoms with Crippen LogP contribution in [-0.2, 0) is 4.79 Å². The quantitative estimate of drug-likeness (QED) is 0.805. The minimum atomic E-state index is -2.46. The van der Waals surface area contributed by atoms with E-state index in [0.717, 1.165) is 50.3 Å². The average Bonchev–Trinajstić information content (AvgIpc) is 3.05. The Labute approximate surface area is 160 Å². The van der Waals surface area contributed by atoms with Gasteiger partial charge in [0.1, 0.15) is 5.75 Å². The van der Waals surface area contributed by atoms with Gasteiger partial charge in [-0.15, -0.1) is 12.4 Å². The van der Waals surface area contributed by atoms with Crippen molar-refractivity contribution in [1.82, 2.24) is 15.1 Å². The molecule has 0 bridgehead atoms. The number of hydrogen-bond donors (Lipinski definition) is 2. The molecule has 2 aliphatic heterocycles. The van der Waals surface area contributed by atoms with Crippen molar-refractivity contribution >= 4 is 18.3 Å². The average molecular weight is 372 g/mol. The molecule has 2 aliphatic rings. The standard InChI is InChI=1S/C18H28N4O2.ClH/c1-13-14(4-3-5-16(13)24-2)18-15(6-7-20-18)22-10-8-21(9-11-22)12-17(19)23;/h3-5,15,18,20H,6-12H2,1-2H3,(H2,19,23);1H/t15-,18-;/m1./s1/i2D3;. The lowest BCUT2D eigenvalue weighted by Gasteiger charge is -2.39. The summed E-state index contributed by atoms with van der Waals surface area (Å²) in [7, 11) is -2.46. The first-order valence-electron chi connectivity index (χ1n) is 10.0. The van der Waals surface area contributed by atoms with Gasteiger partial charge in [-0.2, -0.15) is 0 Å². The van der Waals surface area contributed by atoms with E-state index < -0.39 is 7.04 Å². The van der Waals surface area contributed by atoms with E-state index in [4.69, 9.17) is 14.6 Å². The van der Waals surface area contributed by atoms with Crippen LogP contribution in [-0.4, -0.2) is 68.1 Å². The molecule has 0 radical (unpaired) electrons. The molecule has 2 heterocycles. The van der Waals surface area contributed by atoms with Crippen LogP contribution in [0.3, 0.4) is 0 Å². The topological polar surface area (TPSA) is 70.8 Å². The van der Waals surface area contributed by atoms with Gasteiger partial charge in [-0.05, 0) is 37.1 Å². The zero-order valence-corrected chi connectivity index (χ0v) is 15.3. The first kappa shape index (κ1) is 15.9. The van der Waals surface area contributed by atoms with Crippen molar-refractivity contribution in [3.63, 3.8) is 0 Å². The molecule has 2 saturated heterocycles. The summed E-state index contributed by atoms with van der Waals surface area (Å²) in [6, 6.07) is 6.07. The highest BCUT2D eigenvalue weighted by molar-refractivity contribution is 5.85. The van der Waals surface area contributed by atoms with Crippen molar-refractivity contribution in [2.45, 2.75) is 25.4 Å². The van der Waals surface area contributed by atoms with E-state index in [0.29, 0.717) is 18.3 Å². The van der Waals surface area contributed by atoms with E-state index in [2.05, 4.69) is 15.1 Å². The van der Waals surface area contributed by atoms with Crippen molar-refractivity contribution in [3.8, 4) is 5.75 Å². The van der Waals surface area contributed by atoms with E-state index in [1.54, 1.807) is 6.07 Å². The zero-order valence-electron chi connectivity index (χ0n) is 17.5. The van der Waals surface area contributed by atoms with Gasteiger partial charge < -0.3 is 15.8 Å². The Morgan fingerprint density at radius 1 is 1.40 bits per heavy atom. The molecule has 3 N–H and O–H groups in total. The van der Waals surface area contributed by atoms with Gasteiger partial charge in [0.15, 0.2) is 0 Å². The molecule has 1 aromatic carbocycles. The summed E-state index contributed by atoms with van der Waals surface area (Å²) < 4.78 is 27.3. The van der Waals surface area contributed by atoms with Gasteiger partial charge in [0, 0.05) is 38.3 Å². The number of benzene rings is 1. The molecule has 0 spiro atoms. The number of rotatable bonds is 5. The molecule has 2 fully saturated rings. The lowest BCUT2D eigenvalue weighted by Crippen LogP contribution is -2.53. The van der Waals surface area contributed by atoms with Crippen LogP contribution in [0.5, 0.6) is 5.75 Å². The number of hydrogen-bond acceptors (Lipinski definition) is 5. The van der Waals surface area contributed by atoms with Crippen molar-refractivity contribution in [3.05, 3.63) is 29.3 Å². The summed E-state index contributed by atoms with van der Waals surface area (Å²) in [4.78, 5) is 15.7. The number of amides is 1. The molecule has 0 saturated carbocycles. The molecule has 3 rings (SSSR count). The molecule has 1 amide bonds. The number of methoxy groups -OCH3 is 1. The van der Waals surface area contributed by atoms with Crippen molar-refractivity contribution in [2.24, 2.45) is 5.73 Å². The highest BCUT2D eigenvalue weighted by Crippen LogP contribution is 2.33. The number of carbonyl (C=O) groups is 1. The number of nitrogens with two attached hydrogens (primary N) is 1. The minimum absolute atomic E-state index is 0. The second kappa shape index (κ2) is 8.85. The van der Waals surface area contributed by atoms with Crippen LogP contribution in [0.25, 0.3) is 0 Å². The van der Waals surface area contributed by atoms with Crippen LogP contribution >= 0.6 is 12.4 Å². The third kappa shape index (κ3) is 4.44. The van der Waals surface area contributed by atoms with Gasteiger partial charge >= 0.3 is 0 Å². The maximum atomic E-state index is 11.1. The molecule has 7 heteroatoms. The minimum Gasteiger partial charge on any atom is -0.496 e.